The molecule has 3 aromatic heterocycles. The van der Waals surface area contributed by atoms with Gasteiger partial charge in [-0.3, -0.25) is 4.98 Å². The average molecular weight is 668 g/mol. The van der Waals surface area contributed by atoms with Crippen LogP contribution >= 0.6 is 11.3 Å². The van der Waals surface area contributed by atoms with Crippen LogP contribution in [0.15, 0.2) is 176 Å². The molecule has 4 heteroatoms. The van der Waals surface area contributed by atoms with E-state index in [9.17, 15) is 0 Å². The van der Waals surface area contributed by atoms with Gasteiger partial charge in [-0.05, 0) is 86.8 Å². The van der Waals surface area contributed by atoms with Gasteiger partial charge in [0.1, 0.15) is 0 Å². The van der Waals surface area contributed by atoms with E-state index in [2.05, 4.69) is 164 Å². The van der Waals surface area contributed by atoms with Gasteiger partial charge in [0.25, 0.3) is 0 Å². The normalized spacial score (nSPS) is 11.5. The fourth-order valence-electron chi connectivity index (χ4n) is 7.11. The van der Waals surface area contributed by atoms with Crippen LogP contribution in [-0.2, 0) is 0 Å². The molecule has 0 amide bonds. The van der Waals surface area contributed by atoms with Crippen LogP contribution in [-0.4, -0.2) is 15.0 Å². The van der Waals surface area contributed by atoms with Gasteiger partial charge in [0.05, 0.1) is 21.6 Å². The van der Waals surface area contributed by atoms with Gasteiger partial charge in [0, 0.05) is 38.5 Å². The zero-order valence-electron chi connectivity index (χ0n) is 27.5. The third-order valence-corrected chi connectivity index (χ3v) is 10.9. The van der Waals surface area contributed by atoms with Gasteiger partial charge in [0.15, 0.2) is 5.82 Å². The van der Waals surface area contributed by atoms with Crippen molar-refractivity contribution in [3.63, 3.8) is 0 Å². The summed E-state index contributed by atoms with van der Waals surface area (Å²) < 4.78 is 2.41. The highest BCUT2D eigenvalue weighted by molar-refractivity contribution is 7.26. The lowest BCUT2D eigenvalue weighted by Crippen LogP contribution is -1.97. The zero-order chi connectivity index (χ0) is 33.7. The summed E-state index contributed by atoms with van der Waals surface area (Å²) in [6.45, 7) is 0. The predicted molar refractivity (Wildman–Crippen MR) is 215 cm³/mol. The molecule has 0 saturated carbocycles. The predicted octanol–water partition coefficient (Wildman–Crippen LogP) is 12.9. The summed E-state index contributed by atoms with van der Waals surface area (Å²) in [5.41, 5.74) is 10.4. The van der Waals surface area contributed by atoms with E-state index in [-0.39, 0.29) is 0 Å². The molecular formula is C47H29N3S. The molecule has 3 heterocycles. The minimum Gasteiger partial charge on any atom is -0.255 e. The van der Waals surface area contributed by atoms with Gasteiger partial charge in [-0.1, -0.05) is 121 Å². The topological polar surface area (TPSA) is 38.7 Å². The van der Waals surface area contributed by atoms with Gasteiger partial charge in [-0.25, -0.2) is 9.97 Å². The number of rotatable bonds is 5. The zero-order valence-corrected chi connectivity index (χ0v) is 28.3. The second kappa shape index (κ2) is 12.1. The maximum Gasteiger partial charge on any atom is 0.160 e. The van der Waals surface area contributed by atoms with Gasteiger partial charge in [-0.2, -0.15) is 0 Å². The summed E-state index contributed by atoms with van der Waals surface area (Å²) in [6.07, 6.45) is 1.93. The minimum atomic E-state index is 0.685. The first-order chi connectivity index (χ1) is 25.2. The van der Waals surface area contributed by atoms with E-state index in [0.717, 1.165) is 55.8 Å². The lowest BCUT2D eigenvalue weighted by Gasteiger charge is -2.14. The number of hydrogen-bond acceptors (Lipinski definition) is 4. The van der Waals surface area contributed by atoms with Crippen LogP contribution in [0.3, 0.4) is 0 Å². The first-order valence-electron chi connectivity index (χ1n) is 17.1. The van der Waals surface area contributed by atoms with Crippen LogP contribution in [0.1, 0.15) is 0 Å². The molecule has 51 heavy (non-hydrogen) atoms. The Morgan fingerprint density at radius 2 is 1.00 bits per heavy atom. The van der Waals surface area contributed by atoms with Crippen molar-refractivity contribution in [3.8, 4) is 56.2 Å². The summed E-state index contributed by atoms with van der Waals surface area (Å²) in [5.74, 6) is 0.685. The van der Waals surface area contributed by atoms with Crippen LogP contribution < -0.4 is 0 Å². The first-order valence-corrected chi connectivity index (χ1v) is 17.9. The van der Waals surface area contributed by atoms with Crippen molar-refractivity contribution < 1.29 is 0 Å². The third kappa shape index (κ3) is 5.34. The van der Waals surface area contributed by atoms with Crippen molar-refractivity contribution in [1.29, 1.82) is 0 Å². The molecule has 0 saturated heterocycles. The summed E-state index contributed by atoms with van der Waals surface area (Å²) in [4.78, 5) is 15.4. The quantitative estimate of drug-likeness (QED) is 0.183. The fourth-order valence-corrected chi connectivity index (χ4v) is 8.31. The molecule has 0 spiro atoms. The van der Waals surface area contributed by atoms with Crippen molar-refractivity contribution >= 4 is 53.2 Å². The number of fused-ring (bicyclic) bond motifs is 5. The van der Waals surface area contributed by atoms with Crippen molar-refractivity contribution in [1.82, 2.24) is 15.0 Å². The standard InChI is InChI=1S/C47H29N3S/c1-2-12-32(13-3-1)42-29-43(36-21-19-31-11-5-7-15-34(31)25-36)50-47(49-42)39-27-37(35-20-18-30-10-4-6-14-33(30)24-35)26-38(28-39)40-22-23-48-45-41-16-8-9-17-44(41)51-46(40)45/h1-29H. The Bertz CT molecular complexity index is 2930. The molecule has 0 aliphatic rings. The fraction of sp³-hybridized carbons (Fsp3) is 0. The van der Waals surface area contributed by atoms with Crippen LogP contribution in [0, 0.1) is 0 Å². The molecule has 0 N–H and O–H groups in total. The van der Waals surface area contributed by atoms with E-state index in [4.69, 9.17) is 15.0 Å². The van der Waals surface area contributed by atoms with E-state index < -0.39 is 0 Å². The Balaban J connectivity index is 1.23. The van der Waals surface area contributed by atoms with E-state index in [1.54, 1.807) is 11.3 Å². The highest BCUT2D eigenvalue weighted by atomic mass is 32.1. The average Bonchev–Trinajstić information content (AvgIpc) is 3.59. The molecule has 238 valence electrons. The molecular weight excluding hydrogens is 639 g/mol. The molecule has 0 atom stereocenters. The number of aromatic nitrogens is 3. The molecule has 7 aromatic carbocycles. The number of benzene rings is 7. The molecule has 3 nitrogen and oxygen atoms in total. The maximum absolute atomic E-state index is 5.30. The van der Waals surface area contributed by atoms with Crippen molar-refractivity contribution in [2.75, 3.05) is 0 Å². The summed E-state index contributed by atoms with van der Waals surface area (Å²) in [6, 6.07) is 60.2. The summed E-state index contributed by atoms with van der Waals surface area (Å²) >= 11 is 1.79. The summed E-state index contributed by atoms with van der Waals surface area (Å²) in [5, 5.41) is 6.00. The van der Waals surface area contributed by atoms with Crippen LogP contribution in [0.5, 0.6) is 0 Å². The smallest absolute Gasteiger partial charge is 0.160 e. The maximum atomic E-state index is 5.30. The van der Waals surface area contributed by atoms with Crippen molar-refractivity contribution in [3.05, 3.63) is 176 Å². The molecule has 10 rings (SSSR count). The molecule has 0 fully saturated rings. The minimum absolute atomic E-state index is 0.685. The number of pyridine rings is 1. The lowest BCUT2D eigenvalue weighted by molar-refractivity contribution is 1.18. The lowest BCUT2D eigenvalue weighted by atomic mass is 9.94. The third-order valence-electron chi connectivity index (χ3n) is 9.68. The molecule has 0 unspecified atom stereocenters. The second-order valence-corrected chi connectivity index (χ2v) is 13.9. The monoisotopic (exact) mass is 667 g/mol. The Morgan fingerprint density at radius 1 is 0.392 bits per heavy atom. The Morgan fingerprint density at radius 3 is 1.78 bits per heavy atom. The Labute approximate surface area is 299 Å². The SMILES string of the molecule is c1ccc(-c2cc(-c3ccc4ccccc4c3)nc(-c3cc(-c4ccc5ccccc5c4)cc(-c4ccnc5c4sc4ccccc45)c3)n2)cc1. The second-order valence-electron chi connectivity index (χ2n) is 12.9. The van der Waals surface area contributed by atoms with E-state index in [0.29, 0.717) is 5.82 Å². The van der Waals surface area contributed by atoms with Gasteiger partial charge in [0.2, 0.25) is 0 Å². The number of hydrogen-bond donors (Lipinski definition) is 0. The number of thiophene rings is 1. The van der Waals surface area contributed by atoms with Crippen molar-refractivity contribution in [2.24, 2.45) is 0 Å². The molecule has 0 aliphatic carbocycles. The van der Waals surface area contributed by atoms with E-state index in [1.165, 1.54) is 36.3 Å². The van der Waals surface area contributed by atoms with Crippen LogP contribution in [0.2, 0.25) is 0 Å². The van der Waals surface area contributed by atoms with E-state index >= 15 is 0 Å². The Hall–Kier alpha value is -6.49. The van der Waals surface area contributed by atoms with Crippen LogP contribution in [0.4, 0.5) is 0 Å². The van der Waals surface area contributed by atoms with E-state index in [1.807, 2.05) is 12.3 Å². The first kappa shape index (κ1) is 29.4. The highest BCUT2D eigenvalue weighted by Gasteiger charge is 2.17. The largest absolute Gasteiger partial charge is 0.255 e. The molecule has 10 aromatic rings. The van der Waals surface area contributed by atoms with Gasteiger partial charge < -0.3 is 0 Å². The van der Waals surface area contributed by atoms with Crippen molar-refractivity contribution in [2.45, 2.75) is 0 Å². The molecule has 0 bridgehead atoms. The Kier molecular flexibility index (Phi) is 7.00. The summed E-state index contributed by atoms with van der Waals surface area (Å²) in [7, 11) is 0. The molecule has 0 aliphatic heterocycles. The highest BCUT2D eigenvalue weighted by Crippen LogP contribution is 2.41. The van der Waals surface area contributed by atoms with Gasteiger partial charge >= 0.3 is 0 Å². The number of nitrogens with zero attached hydrogens (tertiary/aromatic N) is 3. The molecule has 0 radical (unpaired) electrons. The van der Waals surface area contributed by atoms with Gasteiger partial charge in [-0.15, -0.1) is 11.3 Å². The van der Waals surface area contributed by atoms with Crippen LogP contribution in [0.25, 0.3) is 98.0 Å².